The third-order valence-electron chi connectivity index (χ3n) is 5.99. The predicted octanol–water partition coefficient (Wildman–Crippen LogP) is 2.05. The molecule has 2 N–H and O–H groups in total. The van der Waals surface area contributed by atoms with E-state index in [1.54, 1.807) is 11.0 Å². The van der Waals surface area contributed by atoms with Crippen LogP contribution in [0.4, 0.5) is 15.9 Å². The van der Waals surface area contributed by atoms with Crippen LogP contribution in [-0.2, 0) is 9.59 Å². The molecule has 11 nitrogen and oxygen atoms in total. The lowest BCUT2D eigenvalue weighted by atomic mass is 10.1. The van der Waals surface area contributed by atoms with E-state index in [9.17, 15) is 28.9 Å². The fourth-order valence-electron chi connectivity index (χ4n) is 3.94. The number of hydrogen-bond donors (Lipinski definition) is 2. The summed E-state index contributed by atoms with van der Waals surface area (Å²) < 4.78 is 13.2. The van der Waals surface area contributed by atoms with E-state index in [-0.39, 0.29) is 23.2 Å². The van der Waals surface area contributed by atoms with Crippen molar-refractivity contribution in [3.05, 3.63) is 76.7 Å². The lowest BCUT2D eigenvalue weighted by Crippen LogP contribution is -2.55. The Morgan fingerprint density at radius 1 is 1.11 bits per heavy atom. The Bertz CT molecular complexity index is 1120. The van der Waals surface area contributed by atoms with E-state index in [0.717, 1.165) is 5.69 Å². The fourth-order valence-corrected chi connectivity index (χ4v) is 3.94. The zero-order chi connectivity index (χ0) is 26.8. The molecule has 0 aliphatic carbocycles. The van der Waals surface area contributed by atoms with Gasteiger partial charge in [0.25, 0.3) is 5.91 Å². The topological polar surface area (TPSA) is 138 Å². The highest BCUT2D eigenvalue weighted by atomic mass is 19.1. The highest BCUT2D eigenvalue weighted by Crippen LogP contribution is 2.19. The summed E-state index contributed by atoms with van der Waals surface area (Å²) in [7, 11) is 0. The molecule has 1 saturated heterocycles. The zero-order valence-electron chi connectivity index (χ0n) is 20.3. The molecule has 1 unspecified atom stereocenters. The number of nitro groups is 1. The molecule has 12 heteroatoms. The Morgan fingerprint density at radius 2 is 1.81 bits per heavy atom. The summed E-state index contributed by atoms with van der Waals surface area (Å²) in [5, 5.41) is 16.3. The van der Waals surface area contributed by atoms with Gasteiger partial charge in [0.05, 0.1) is 5.69 Å². The van der Waals surface area contributed by atoms with Crippen molar-refractivity contribution in [2.75, 3.05) is 37.6 Å². The molecule has 0 saturated carbocycles. The van der Waals surface area contributed by atoms with Gasteiger partial charge in [0.2, 0.25) is 11.8 Å². The molecule has 0 bridgehead atoms. The zero-order valence-corrected chi connectivity index (χ0v) is 20.3. The van der Waals surface area contributed by atoms with Gasteiger partial charge in [-0.15, -0.1) is 0 Å². The smallest absolute Gasteiger partial charge is 0.363 e. The quantitative estimate of drug-likeness (QED) is 0.203. The van der Waals surface area contributed by atoms with Crippen LogP contribution in [0, 0.1) is 15.9 Å². The Morgan fingerprint density at radius 3 is 2.41 bits per heavy atom. The van der Waals surface area contributed by atoms with E-state index in [1.165, 1.54) is 42.6 Å². The molecule has 3 rings (SSSR count). The normalized spacial score (nSPS) is 14.0. The number of hydrogen-bond acceptors (Lipinski definition) is 7. The van der Waals surface area contributed by atoms with Crippen molar-refractivity contribution in [1.29, 1.82) is 0 Å². The second-order valence-corrected chi connectivity index (χ2v) is 8.47. The molecule has 2 aromatic rings. The van der Waals surface area contributed by atoms with Crippen molar-refractivity contribution in [2.24, 2.45) is 0 Å². The summed E-state index contributed by atoms with van der Waals surface area (Å²) in [6, 6.07) is 7.24. The lowest BCUT2D eigenvalue weighted by Gasteiger charge is -2.37. The van der Waals surface area contributed by atoms with Crippen LogP contribution in [0.1, 0.15) is 29.6 Å². The first kappa shape index (κ1) is 27.2. The van der Waals surface area contributed by atoms with Crippen LogP contribution in [0.15, 0.2) is 55.3 Å². The summed E-state index contributed by atoms with van der Waals surface area (Å²) in [6.07, 6.45) is 4.17. The van der Waals surface area contributed by atoms with Crippen LogP contribution in [0.3, 0.4) is 0 Å². The maximum Gasteiger partial charge on any atom is 0.363 e. The first-order chi connectivity index (χ1) is 17.8. The standard InChI is InChI=1S/C25H29FN6O5/c1-2-23(33)27-12-4-3-5-21(29-24(34)18-6-8-19(26)9-7-18)25(35)31-15-13-30(14-16-31)20-10-11-22(28-17-20)32(36)37/h2,6-11,17,21H,1,3-5,12-16H2,(H,27,33)(H,29,34). The average molecular weight is 513 g/mol. The number of anilines is 1. The van der Waals surface area contributed by atoms with Crippen LogP contribution in [-0.4, -0.2) is 71.3 Å². The van der Waals surface area contributed by atoms with Crippen molar-refractivity contribution in [1.82, 2.24) is 20.5 Å². The van der Waals surface area contributed by atoms with Crippen molar-refractivity contribution >= 4 is 29.2 Å². The number of aromatic nitrogens is 1. The summed E-state index contributed by atoms with van der Waals surface area (Å²) in [5.41, 5.74) is 0.966. The molecule has 0 spiro atoms. The van der Waals surface area contributed by atoms with Crippen LogP contribution in [0.2, 0.25) is 0 Å². The molecule has 1 atom stereocenters. The fraction of sp³-hybridized carbons (Fsp3) is 0.360. The van der Waals surface area contributed by atoms with Gasteiger partial charge in [0.15, 0.2) is 6.20 Å². The molecule has 1 fully saturated rings. The number of benzene rings is 1. The minimum absolute atomic E-state index is 0.230. The number of piperazine rings is 1. The number of pyridine rings is 1. The number of amides is 3. The van der Waals surface area contributed by atoms with Gasteiger partial charge in [0.1, 0.15) is 11.9 Å². The maximum absolute atomic E-state index is 13.4. The van der Waals surface area contributed by atoms with Gasteiger partial charge < -0.3 is 30.5 Å². The molecule has 196 valence electrons. The average Bonchev–Trinajstić information content (AvgIpc) is 2.92. The molecule has 1 aromatic carbocycles. The van der Waals surface area contributed by atoms with Gasteiger partial charge in [-0.3, -0.25) is 14.4 Å². The molecule has 2 heterocycles. The van der Waals surface area contributed by atoms with E-state index < -0.39 is 22.7 Å². The lowest BCUT2D eigenvalue weighted by molar-refractivity contribution is -0.389. The number of carbonyl (C=O) groups excluding carboxylic acids is 3. The Hall–Kier alpha value is -4.35. The van der Waals surface area contributed by atoms with Gasteiger partial charge in [-0.1, -0.05) is 6.58 Å². The van der Waals surface area contributed by atoms with E-state index in [1.807, 2.05) is 4.90 Å². The Labute approximate surface area is 213 Å². The molecule has 37 heavy (non-hydrogen) atoms. The third kappa shape index (κ3) is 7.82. The second kappa shape index (κ2) is 13.1. The summed E-state index contributed by atoms with van der Waals surface area (Å²) >= 11 is 0. The van der Waals surface area contributed by atoms with Crippen LogP contribution in [0.5, 0.6) is 0 Å². The molecular weight excluding hydrogens is 483 g/mol. The molecule has 1 aliphatic rings. The van der Waals surface area contributed by atoms with E-state index >= 15 is 0 Å². The molecule has 0 radical (unpaired) electrons. The monoisotopic (exact) mass is 512 g/mol. The number of nitrogens with zero attached hydrogens (tertiary/aromatic N) is 4. The van der Waals surface area contributed by atoms with Gasteiger partial charge in [-0.2, -0.15) is 0 Å². The predicted molar refractivity (Wildman–Crippen MR) is 134 cm³/mol. The van der Waals surface area contributed by atoms with Crippen molar-refractivity contribution in [3.63, 3.8) is 0 Å². The minimum Gasteiger partial charge on any atom is -0.365 e. The Kier molecular flexibility index (Phi) is 9.64. The first-order valence-corrected chi connectivity index (χ1v) is 11.9. The number of unbranched alkanes of at least 4 members (excludes halogenated alkanes) is 1. The SMILES string of the molecule is C=CC(=O)NCCCCC(NC(=O)c1ccc(F)cc1)C(=O)N1CCN(c2ccc([N+](=O)[O-])nc2)CC1. The molecular formula is C25H29FN6O5. The third-order valence-corrected chi connectivity index (χ3v) is 5.99. The second-order valence-electron chi connectivity index (χ2n) is 8.47. The highest BCUT2D eigenvalue weighted by Gasteiger charge is 2.29. The van der Waals surface area contributed by atoms with Gasteiger partial charge in [-0.05, 0) is 65.6 Å². The van der Waals surface area contributed by atoms with E-state index in [2.05, 4.69) is 22.2 Å². The number of halogens is 1. The molecule has 1 aromatic heterocycles. The number of nitrogens with one attached hydrogen (secondary N) is 2. The highest BCUT2D eigenvalue weighted by molar-refractivity contribution is 5.97. The minimum atomic E-state index is -0.791. The van der Waals surface area contributed by atoms with Gasteiger partial charge >= 0.3 is 5.82 Å². The van der Waals surface area contributed by atoms with Crippen LogP contribution in [0.25, 0.3) is 0 Å². The van der Waals surface area contributed by atoms with E-state index in [4.69, 9.17) is 0 Å². The summed E-state index contributed by atoms with van der Waals surface area (Å²) in [4.78, 5) is 55.2. The molecule has 1 aliphatic heterocycles. The van der Waals surface area contributed by atoms with E-state index in [0.29, 0.717) is 52.0 Å². The van der Waals surface area contributed by atoms with Gasteiger partial charge in [-0.25, -0.2) is 4.39 Å². The van der Waals surface area contributed by atoms with Gasteiger partial charge in [0, 0.05) is 44.4 Å². The molecule has 3 amide bonds. The Balaban J connectivity index is 1.60. The van der Waals surface area contributed by atoms with Crippen molar-refractivity contribution in [3.8, 4) is 0 Å². The summed E-state index contributed by atoms with van der Waals surface area (Å²) in [6.45, 7) is 5.60. The number of rotatable bonds is 11. The van der Waals surface area contributed by atoms with Crippen LogP contribution >= 0.6 is 0 Å². The van der Waals surface area contributed by atoms with Crippen LogP contribution < -0.4 is 15.5 Å². The van der Waals surface area contributed by atoms with Crippen molar-refractivity contribution in [2.45, 2.75) is 25.3 Å². The first-order valence-electron chi connectivity index (χ1n) is 11.9. The maximum atomic E-state index is 13.4. The summed E-state index contributed by atoms with van der Waals surface area (Å²) in [5.74, 6) is -1.69. The largest absolute Gasteiger partial charge is 0.365 e. The number of carbonyl (C=O) groups is 3. The van der Waals surface area contributed by atoms with Crippen molar-refractivity contribution < 1.29 is 23.7 Å².